The molecule has 0 saturated carbocycles. The van der Waals surface area contributed by atoms with Crippen LogP contribution in [0.3, 0.4) is 0 Å². The van der Waals surface area contributed by atoms with Gasteiger partial charge in [-0.2, -0.15) is 5.10 Å². The maximum absolute atomic E-state index is 7.61. The van der Waals surface area contributed by atoms with Crippen LogP contribution in [0.4, 0.5) is 17.2 Å². The summed E-state index contributed by atoms with van der Waals surface area (Å²) in [6, 6.07) is 8.07. The van der Waals surface area contributed by atoms with E-state index in [-0.39, 0.29) is 10.8 Å². The first kappa shape index (κ1) is 18.8. The van der Waals surface area contributed by atoms with Crippen molar-refractivity contribution in [3.8, 4) is 0 Å². The van der Waals surface area contributed by atoms with Crippen molar-refractivity contribution in [3.63, 3.8) is 0 Å². The predicted octanol–water partition coefficient (Wildman–Crippen LogP) is 6.46. The van der Waals surface area contributed by atoms with Gasteiger partial charge in [0.15, 0.2) is 5.82 Å². The molecule has 0 aliphatic heterocycles. The first-order chi connectivity index (χ1) is 12.5. The Hall–Kier alpha value is -2.94. The molecule has 27 heavy (non-hydrogen) atoms. The number of rotatable bonds is 2. The van der Waals surface area contributed by atoms with Crippen LogP contribution >= 0.6 is 0 Å². The second-order valence-corrected chi connectivity index (χ2v) is 8.85. The van der Waals surface area contributed by atoms with Crippen LogP contribution in [0.15, 0.2) is 34.5 Å². The number of fused-ring (bicyclic) bond motifs is 1. The van der Waals surface area contributed by atoms with Crippen LogP contribution in [0, 0.1) is 6.57 Å². The number of hydrogen-bond acceptors (Lipinski definition) is 3. The number of aryl methyl sites for hydroxylation is 1. The molecule has 1 aromatic carbocycles. The average Bonchev–Trinajstić information content (AvgIpc) is 3.10. The molecule has 6 nitrogen and oxygen atoms in total. The van der Waals surface area contributed by atoms with Crippen LogP contribution < -0.4 is 0 Å². The molecule has 0 amide bonds. The lowest BCUT2D eigenvalue weighted by molar-refractivity contribution is 0.555. The molecule has 140 valence electrons. The lowest BCUT2D eigenvalue weighted by Crippen LogP contribution is -2.12. The number of nitrogens with one attached hydrogen (secondary N) is 1. The molecule has 0 spiro atoms. The molecule has 3 aromatic rings. The quantitative estimate of drug-likeness (QED) is 0.412. The zero-order valence-electron chi connectivity index (χ0n) is 17.0. The van der Waals surface area contributed by atoms with Gasteiger partial charge in [0, 0.05) is 29.1 Å². The summed E-state index contributed by atoms with van der Waals surface area (Å²) < 4.78 is 1.64. The molecule has 0 fully saturated rings. The fraction of sp³-hybridized carbons (Fsp3) is 0.429. The fourth-order valence-corrected chi connectivity index (χ4v) is 3.10. The molecule has 0 aliphatic carbocycles. The van der Waals surface area contributed by atoms with Crippen molar-refractivity contribution >= 4 is 28.1 Å². The summed E-state index contributed by atoms with van der Waals surface area (Å²) in [5.74, 6) is 0.486. The highest BCUT2D eigenvalue weighted by Crippen LogP contribution is 2.41. The Labute approximate surface area is 160 Å². The van der Waals surface area contributed by atoms with E-state index in [1.54, 1.807) is 11.7 Å². The van der Waals surface area contributed by atoms with Gasteiger partial charge in [-0.25, -0.2) is 4.85 Å². The van der Waals surface area contributed by atoms with Gasteiger partial charge in [0.25, 0.3) is 5.69 Å². The Bertz CT molecular complexity index is 1060. The summed E-state index contributed by atoms with van der Waals surface area (Å²) in [4.78, 5) is 7.17. The van der Waals surface area contributed by atoms with Crippen LogP contribution in [0.1, 0.15) is 52.9 Å². The molecule has 6 heteroatoms. The monoisotopic (exact) mass is 362 g/mol. The van der Waals surface area contributed by atoms with Crippen molar-refractivity contribution in [1.29, 1.82) is 0 Å². The van der Waals surface area contributed by atoms with E-state index in [0.29, 0.717) is 11.5 Å². The largest absolute Gasteiger partial charge is 0.356 e. The number of benzene rings is 1. The molecule has 0 aliphatic rings. The molecular weight excluding hydrogens is 336 g/mol. The summed E-state index contributed by atoms with van der Waals surface area (Å²) in [6.45, 7) is 20.2. The van der Waals surface area contributed by atoms with Crippen molar-refractivity contribution in [2.45, 2.75) is 52.4 Å². The average molecular weight is 362 g/mol. The minimum Gasteiger partial charge on any atom is -0.356 e. The second kappa shape index (κ2) is 6.34. The third-order valence-electron chi connectivity index (χ3n) is 4.49. The lowest BCUT2D eigenvalue weighted by Gasteiger charge is -2.17. The maximum atomic E-state index is 7.61. The lowest BCUT2D eigenvalue weighted by atomic mass is 9.91. The van der Waals surface area contributed by atoms with E-state index >= 15 is 0 Å². The fourth-order valence-electron chi connectivity index (χ4n) is 3.10. The number of aromatic amines is 1. The van der Waals surface area contributed by atoms with E-state index < -0.39 is 0 Å². The Morgan fingerprint density at radius 1 is 1.04 bits per heavy atom. The second-order valence-electron chi connectivity index (χ2n) is 8.85. The summed E-state index contributed by atoms with van der Waals surface area (Å²) >= 11 is 0. The van der Waals surface area contributed by atoms with Crippen LogP contribution in [0.5, 0.6) is 0 Å². The number of H-pyrrole nitrogens is 1. The summed E-state index contributed by atoms with van der Waals surface area (Å²) in [5, 5.41) is 14.6. The summed E-state index contributed by atoms with van der Waals surface area (Å²) in [5.41, 5.74) is 3.72. The number of hydrogen-bond donors (Lipinski definition) is 1. The van der Waals surface area contributed by atoms with Gasteiger partial charge in [0.2, 0.25) is 0 Å². The molecule has 0 atom stereocenters. The minimum absolute atomic E-state index is 0.112. The van der Waals surface area contributed by atoms with Crippen LogP contribution in [-0.2, 0) is 17.9 Å². The van der Waals surface area contributed by atoms with Crippen molar-refractivity contribution in [2.24, 2.45) is 17.3 Å². The van der Waals surface area contributed by atoms with Gasteiger partial charge in [0.05, 0.1) is 12.3 Å². The number of para-hydroxylation sites is 1. The molecule has 2 heterocycles. The van der Waals surface area contributed by atoms with E-state index in [1.807, 2.05) is 45.0 Å². The Balaban J connectivity index is 2.19. The van der Waals surface area contributed by atoms with Crippen molar-refractivity contribution in [2.75, 3.05) is 0 Å². The van der Waals surface area contributed by atoms with Crippen molar-refractivity contribution in [3.05, 3.63) is 47.1 Å². The number of aromatic nitrogens is 3. The van der Waals surface area contributed by atoms with Crippen LogP contribution in [-0.4, -0.2) is 14.8 Å². The van der Waals surface area contributed by atoms with E-state index in [1.165, 1.54) is 0 Å². The molecule has 0 unspecified atom stereocenters. The molecule has 0 bridgehead atoms. The molecule has 1 N–H and O–H groups in total. The minimum atomic E-state index is -0.233. The van der Waals surface area contributed by atoms with Gasteiger partial charge < -0.3 is 4.98 Å². The van der Waals surface area contributed by atoms with E-state index in [0.717, 1.165) is 28.0 Å². The summed E-state index contributed by atoms with van der Waals surface area (Å²) in [6.07, 6.45) is 0. The molecule has 0 radical (unpaired) electrons. The van der Waals surface area contributed by atoms with E-state index in [2.05, 4.69) is 45.9 Å². The predicted molar refractivity (Wildman–Crippen MR) is 109 cm³/mol. The molecule has 3 rings (SSSR count). The number of azo groups is 1. The number of nitrogens with zero attached hydrogens (tertiary/aromatic N) is 5. The Kier molecular flexibility index (Phi) is 4.43. The summed E-state index contributed by atoms with van der Waals surface area (Å²) in [7, 11) is 1.80. The Morgan fingerprint density at radius 2 is 1.70 bits per heavy atom. The van der Waals surface area contributed by atoms with Gasteiger partial charge in [0.1, 0.15) is 5.69 Å². The highest BCUT2D eigenvalue weighted by Gasteiger charge is 2.27. The van der Waals surface area contributed by atoms with Crippen molar-refractivity contribution < 1.29 is 0 Å². The highest BCUT2D eigenvalue weighted by atomic mass is 15.3. The zero-order chi connectivity index (χ0) is 20.0. The topological polar surface area (TPSA) is 62.7 Å². The molecular formula is C21H26N6. The van der Waals surface area contributed by atoms with Crippen LogP contribution in [0.25, 0.3) is 15.7 Å². The van der Waals surface area contributed by atoms with Gasteiger partial charge in [-0.1, -0.05) is 59.7 Å². The molecule has 2 aromatic heterocycles. The van der Waals surface area contributed by atoms with Gasteiger partial charge >= 0.3 is 0 Å². The van der Waals surface area contributed by atoms with Crippen LogP contribution in [0.2, 0.25) is 0 Å². The smallest absolute Gasteiger partial charge is 0.255 e. The van der Waals surface area contributed by atoms with E-state index in [4.69, 9.17) is 6.57 Å². The van der Waals surface area contributed by atoms with E-state index in [9.17, 15) is 0 Å². The SMILES string of the molecule is [C-]#[N+]c1c(C(C)(C)C)nn(C)c1N=Nc1c(C(C)(C)C)[nH]c2ccccc12. The normalized spacial score (nSPS) is 12.8. The zero-order valence-corrected chi connectivity index (χ0v) is 17.0. The third-order valence-corrected chi connectivity index (χ3v) is 4.49. The Morgan fingerprint density at radius 3 is 2.30 bits per heavy atom. The third kappa shape index (κ3) is 3.37. The first-order valence-electron chi connectivity index (χ1n) is 9.02. The van der Waals surface area contributed by atoms with Gasteiger partial charge in [-0.05, 0) is 11.5 Å². The van der Waals surface area contributed by atoms with Gasteiger partial charge in [-0.3, -0.25) is 4.68 Å². The standard InChI is InChI=1S/C21H26N6/c1-20(2,3)17-15(13-11-9-10-12-14(13)23-17)24-25-19-16(22-7)18(21(4,5)6)26-27(19)8/h9-12,23H,1-6,8H3. The highest BCUT2D eigenvalue weighted by molar-refractivity contribution is 5.93. The maximum Gasteiger partial charge on any atom is 0.255 e. The van der Waals surface area contributed by atoms with Crippen molar-refractivity contribution in [1.82, 2.24) is 14.8 Å². The first-order valence-corrected chi connectivity index (χ1v) is 9.02. The van der Waals surface area contributed by atoms with Gasteiger partial charge in [-0.15, -0.1) is 10.2 Å². The molecule has 0 saturated heterocycles.